The second-order valence-electron chi connectivity index (χ2n) is 4.85. The van der Waals surface area contributed by atoms with E-state index in [1.165, 1.54) is 25.7 Å². The average molecular weight is 235 g/mol. The number of hydrogen-bond donors (Lipinski definition) is 1. The summed E-state index contributed by atoms with van der Waals surface area (Å²) in [5.41, 5.74) is 0.724. The second-order valence-corrected chi connectivity index (χ2v) is 4.85. The van der Waals surface area contributed by atoms with Crippen LogP contribution in [0.4, 0.5) is 0 Å². The zero-order valence-electron chi connectivity index (χ0n) is 10.4. The van der Waals surface area contributed by atoms with E-state index in [1.807, 2.05) is 12.1 Å². The molecule has 1 aliphatic rings. The molecule has 1 aliphatic carbocycles. The van der Waals surface area contributed by atoms with Crippen LogP contribution >= 0.6 is 0 Å². The van der Waals surface area contributed by atoms with Crippen LogP contribution in [-0.4, -0.2) is 17.2 Å². The first kappa shape index (κ1) is 12.4. The molecule has 0 aromatic carbocycles. The van der Waals surface area contributed by atoms with Crippen molar-refractivity contribution in [3.63, 3.8) is 0 Å². The number of methoxy groups -OCH3 is 1. The molecule has 0 aliphatic heterocycles. The Morgan fingerprint density at radius 3 is 2.88 bits per heavy atom. The van der Waals surface area contributed by atoms with Crippen molar-refractivity contribution in [1.29, 1.82) is 0 Å². The van der Waals surface area contributed by atoms with Crippen LogP contribution in [-0.2, 0) is 0 Å². The lowest BCUT2D eigenvalue weighted by atomic mass is 9.98. The fraction of sp³-hybridized carbons (Fsp3) is 0.643. The van der Waals surface area contributed by atoms with E-state index in [0.29, 0.717) is 5.88 Å². The van der Waals surface area contributed by atoms with Crippen molar-refractivity contribution in [2.75, 3.05) is 7.11 Å². The molecule has 1 unspecified atom stereocenters. The van der Waals surface area contributed by atoms with E-state index in [-0.39, 0.29) is 0 Å². The molecule has 1 saturated carbocycles. The van der Waals surface area contributed by atoms with Crippen LogP contribution in [0.3, 0.4) is 0 Å². The van der Waals surface area contributed by atoms with Crippen LogP contribution in [0, 0.1) is 5.92 Å². The first-order valence-electron chi connectivity index (χ1n) is 6.48. The summed E-state index contributed by atoms with van der Waals surface area (Å²) in [5, 5.41) is 10.1. The molecule has 0 bridgehead atoms. The molecule has 17 heavy (non-hydrogen) atoms. The number of pyridine rings is 1. The third-order valence-corrected chi connectivity index (χ3v) is 3.62. The molecule has 0 spiro atoms. The van der Waals surface area contributed by atoms with Gasteiger partial charge in [0.05, 0.1) is 18.9 Å². The van der Waals surface area contributed by atoms with Gasteiger partial charge in [0.1, 0.15) is 0 Å². The fourth-order valence-corrected chi connectivity index (χ4v) is 2.57. The summed E-state index contributed by atoms with van der Waals surface area (Å²) >= 11 is 0. The monoisotopic (exact) mass is 235 g/mol. The topological polar surface area (TPSA) is 42.4 Å². The second kappa shape index (κ2) is 6.01. The maximum Gasteiger partial charge on any atom is 0.213 e. The summed E-state index contributed by atoms with van der Waals surface area (Å²) in [7, 11) is 1.59. The van der Waals surface area contributed by atoms with E-state index in [0.717, 1.165) is 24.5 Å². The molecule has 1 atom stereocenters. The van der Waals surface area contributed by atoms with Crippen LogP contribution in [0.25, 0.3) is 0 Å². The van der Waals surface area contributed by atoms with Crippen molar-refractivity contribution in [1.82, 2.24) is 4.98 Å². The maximum absolute atomic E-state index is 10.1. The first-order chi connectivity index (χ1) is 8.29. The van der Waals surface area contributed by atoms with E-state index in [1.54, 1.807) is 13.2 Å². The van der Waals surface area contributed by atoms with Gasteiger partial charge < -0.3 is 9.84 Å². The van der Waals surface area contributed by atoms with Gasteiger partial charge in [0.15, 0.2) is 0 Å². The van der Waals surface area contributed by atoms with Gasteiger partial charge in [-0.2, -0.15) is 0 Å². The first-order valence-corrected chi connectivity index (χ1v) is 6.48. The summed E-state index contributed by atoms with van der Waals surface area (Å²) < 4.78 is 5.06. The van der Waals surface area contributed by atoms with E-state index in [9.17, 15) is 5.11 Å². The van der Waals surface area contributed by atoms with Gasteiger partial charge in [0, 0.05) is 6.07 Å². The molecular weight excluding hydrogens is 214 g/mol. The number of rotatable bonds is 5. The molecule has 1 aromatic heterocycles. The predicted molar refractivity (Wildman–Crippen MR) is 66.9 cm³/mol. The number of hydrogen-bond acceptors (Lipinski definition) is 3. The molecule has 1 fully saturated rings. The number of nitrogens with zero attached hydrogens (tertiary/aromatic N) is 1. The number of aliphatic hydroxyl groups excluding tert-OH is 1. The minimum absolute atomic E-state index is 0.453. The molecule has 0 amide bonds. The van der Waals surface area contributed by atoms with Gasteiger partial charge in [0.2, 0.25) is 5.88 Å². The Morgan fingerprint density at radius 1 is 1.41 bits per heavy atom. The number of ether oxygens (including phenoxy) is 1. The molecule has 3 nitrogen and oxygen atoms in total. The maximum atomic E-state index is 10.1. The Labute approximate surface area is 103 Å². The van der Waals surface area contributed by atoms with Gasteiger partial charge >= 0.3 is 0 Å². The molecular formula is C14H21NO2. The molecule has 1 heterocycles. The van der Waals surface area contributed by atoms with E-state index < -0.39 is 6.10 Å². The van der Waals surface area contributed by atoms with E-state index in [4.69, 9.17) is 4.74 Å². The van der Waals surface area contributed by atoms with Crippen LogP contribution in [0.5, 0.6) is 5.88 Å². The highest BCUT2D eigenvalue weighted by atomic mass is 16.5. The van der Waals surface area contributed by atoms with Crippen LogP contribution < -0.4 is 4.74 Å². The van der Waals surface area contributed by atoms with Gasteiger partial charge in [0.25, 0.3) is 0 Å². The quantitative estimate of drug-likeness (QED) is 0.852. The van der Waals surface area contributed by atoms with Gasteiger partial charge in [-0.05, 0) is 24.8 Å². The Kier molecular flexibility index (Phi) is 4.37. The Balaban J connectivity index is 1.87. The fourth-order valence-electron chi connectivity index (χ4n) is 2.57. The average Bonchev–Trinajstić information content (AvgIpc) is 2.89. The third kappa shape index (κ3) is 3.43. The minimum Gasteiger partial charge on any atom is -0.481 e. The highest BCUT2D eigenvalue weighted by Crippen LogP contribution is 2.31. The van der Waals surface area contributed by atoms with E-state index in [2.05, 4.69) is 4.98 Å². The summed E-state index contributed by atoms with van der Waals surface area (Å²) in [6.07, 6.45) is 6.85. The lowest BCUT2D eigenvalue weighted by Crippen LogP contribution is -2.04. The smallest absolute Gasteiger partial charge is 0.213 e. The largest absolute Gasteiger partial charge is 0.481 e. The highest BCUT2D eigenvalue weighted by Gasteiger charge is 2.17. The lowest BCUT2D eigenvalue weighted by Gasteiger charge is -2.13. The lowest BCUT2D eigenvalue weighted by molar-refractivity contribution is 0.151. The summed E-state index contributed by atoms with van der Waals surface area (Å²) in [6.45, 7) is 0. The Hall–Kier alpha value is -1.09. The molecule has 0 radical (unpaired) electrons. The Bertz CT molecular complexity index is 348. The third-order valence-electron chi connectivity index (χ3n) is 3.62. The standard InChI is InChI=1S/C14H21NO2/c1-17-14-8-4-7-12(15-14)13(16)10-9-11-5-2-3-6-11/h4,7-8,11,13,16H,2-3,5-6,9-10H2,1H3. The molecule has 2 rings (SSSR count). The predicted octanol–water partition coefficient (Wildman–Crippen LogP) is 3.09. The van der Waals surface area contributed by atoms with Gasteiger partial charge in [-0.25, -0.2) is 4.98 Å². The Morgan fingerprint density at radius 2 is 2.18 bits per heavy atom. The van der Waals surface area contributed by atoms with E-state index >= 15 is 0 Å². The van der Waals surface area contributed by atoms with Crippen molar-refractivity contribution in [3.8, 4) is 5.88 Å². The minimum atomic E-state index is -0.453. The highest BCUT2D eigenvalue weighted by molar-refractivity contribution is 5.17. The van der Waals surface area contributed by atoms with Crippen LogP contribution in [0.1, 0.15) is 50.3 Å². The zero-order chi connectivity index (χ0) is 12.1. The van der Waals surface area contributed by atoms with Crippen LogP contribution in [0.15, 0.2) is 18.2 Å². The van der Waals surface area contributed by atoms with Crippen molar-refractivity contribution < 1.29 is 9.84 Å². The molecule has 94 valence electrons. The summed E-state index contributed by atoms with van der Waals surface area (Å²) in [5.74, 6) is 1.39. The number of aliphatic hydroxyl groups is 1. The zero-order valence-corrected chi connectivity index (χ0v) is 10.4. The summed E-state index contributed by atoms with van der Waals surface area (Å²) in [6, 6.07) is 5.54. The molecule has 3 heteroatoms. The number of aromatic nitrogens is 1. The van der Waals surface area contributed by atoms with Gasteiger partial charge in [-0.3, -0.25) is 0 Å². The SMILES string of the molecule is COc1cccc(C(O)CCC2CCCC2)n1. The normalized spacial score (nSPS) is 18.2. The van der Waals surface area contributed by atoms with Crippen LogP contribution in [0.2, 0.25) is 0 Å². The summed E-state index contributed by atoms with van der Waals surface area (Å²) in [4.78, 5) is 4.26. The molecule has 1 N–H and O–H groups in total. The van der Waals surface area contributed by atoms with Crippen molar-refractivity contribution in [3.05, 3.63) is 23.9 Å². The molecule has 0 saturated heterocycles. The van der Waals surface area contributed by atoms with Crippen molar-refractivity contribution >= 4 is 0 Å². The van der Waals surface area contributed by atoms with Gasteiger partial charge in [-0.1, -0.05) is 31.7 Å². The van der Waals surface area contributed by atoms with Crippen molar-refractivity contribution in [2.45, 2.75) is 44.6 Å². The molecule has 1 aromatic rings. The van der Waals surface area contributed by atoms with Gasteiger partial charge in [-0.15, -0.1) is 0 Å². The van der Waals surface area contributed by atoms with Crippen molar-refractivity contribution in [2.24, 2.45) is 5.92 Å².